The summed E-state index contributed by atoms with van der Waals surface area (Å²) in [5.74, 6) is 0.106. The highest BCUT2D eigenvalue weighted by Crippen LogP contribution is 2.32. The Morgan fingerprint density at radius 2 is 1.96 bits per heavy atom. The van der Waals surface area contributed by atoms with Crippen molar-refractivity contribution in [2.75, 3.05) is 23.4 Å². The van der Waals surface area contributed by atoms with Crippen molar-refractivity contribution >= 4 is 40.6 Å². The van der Waals surface area contributed by atoms with Gasteiger partial charge in [0.2, 0.25) is 0 Å². The second-order valence-corrected chi connectivity index (χ2v) is 6.45. The number of carbonyl (C=O) groups is 1. The molecule has 0 radical (unpaired) electrons. The van der Waals surface area contributed by atoms with Crippen LogP contribution >= 0.6 is 23.4 Å². The normalized spacial score (nSPS) is 11.3. The summed E-state index contributed by atoms with van der Waals surface area (Å²) in [5, 5.41) is 5.28. The molecule has 0 aliphatic carbocycles. The fourth-order valence-corrected chi connectivity index (χ4v) is 2.87. The highest BCUT2D eigenvalue weighted by atomic mass is 35.5. The molecule has 2 aromatic rings. The average Bonchev–Trinajstić information content (AvgIpc) is 2.55. The maximum atomic E-state index is 12.9. The van der Waals surface area contributed by atoms with Crippen LogP contribution in [0.1, 0.15) is 23.0 Å². The van der Waals surface area contributed by atoms with E-state index in [1.165, 1.54) is 31.1 Å². The molecule has 2 rings (SSSR count). The summed E-state index contributed by atoms with van der Waals surface area (Å²) >= 11 is 7.21. The highest BCUT2D eigenvalue weighted by molar-refractivity contribution is 7.99. The van der Waals surface area contributed by atoms with Crippen molar-refractivity contribution in [3.63, 3.8) is 0 Å². The Morgan fingerprint density at radius 3 is 2.56 bits per heavy atom. The Hall–Kier alpha value is -2.00. The first-order valence-electron chi connectivity index (χ1n) is 7.11. The van der Waals surface area contributed by atoms with Crippen molar-refractivity contribution < 1.29 is 18.0 Å². The molecule has 0 unspecified atom stereocenters. The van der Waals surface area contributed by atoms with Crippen LogP contribution in [0.3, 0.4) is 0 Å². The molecule has 5 nitrogen and oxygen atoms in total. The SMILES string of the molecule is CCSc1cnc(Cl)cc1C(=O)Nc1cc(C(F)(F)F)ncc1NC. The first-order chi connectivity index (χ1) is 11.8. The summed E-state index contributed by atoms with van der Waals surface area (Å²) in [6.45, 7) is 1.90. The summed E-state index contributed by atoms with van der Waals surface area (Å²) in [7, 11) is 1.52. The van der Waals surface area contributed by atoms with Crippen LogP contribution in [0.25, 0.3) is 0 Å². The maximum absolute atomic E-state index is 12.9. The van der Waals surface area contributed by atoms with Gasteiger partial charge in [-0.15, -0.1) is 11.8 Å². The van der Waals surface area contributed by atoms with E-state index in [4.69, 9.17) is 11.6 Å². The zero-order valence-electron chi connectivity index (χ0n) is 13.2. The van der Waals surface area contributed by atoms with Crippen molar-refractivity contribution in [2.45, 2.75) is 18.0 Å². The van der Waals surface area contributed by atoms with Gasteiger partial charge in [0.05, 0.1) is 23.1 Å². The molecular weight excluding hydrogens is 377 g/mol. The number of nitrogens with zero attached hydrogens (tertiary/aromatic N) is 2. The second kappa shape index (κ2) is 7.92. The first kappa shape index (κ1) is 19.3. The molecule has 0 bridgehead atoms. The molecule has 0 spiro atoms. The first-order valence-corrected chi connectivity index (χ1v) is 8.47. The van der Waals surface area contributed by atoms with Gasteiger partial charge in [0, 0.05) is 18.1 Å². The molecule has 25 heavy (non-hydrogen) atoms. The van der Waals surface area contributed by atoms with Gasteiger partial charge in [-0.3, -0.25) is 4.79 Å². The number of carbonyl (C=O) groups excluding carboxylic acids is 1. The average molecular weight is 391 g/mol. The van der Waals surface area contributed by atoms with Gasteiger partial charge in [-0.25, -0.2) is 9.97 Å². The second-order valence-electron chi connectivity index (χ2n) is 4.75. The number of rotatable bonds is 5. The fourth-order valence-electron chi connectivity index (χ4n) is 1.97. The number of hydrogen-bond acceptors (Lipinski definition) is 5. The molecule has 1 amide bonds. The number of pyridine rings is 2. The summed E-state index contributed by atoms with van der Waals surface area (Å²) in [4.78, 5) is 20.4. The van der Waals surface area contributed by atoms with E-state index in [9.17, 15) is 18.0 Å². The van der Waals surface area contributed by atoms with Crippen LogP contribution in [0, 0.1) is 0 Å². The molecule has 0 atom stereocenters. The zero-order chi connectivity index (χ0) is 18.6. The summed E-state index contributed by atoms with van der Waals surface area (Å²) in [6, 6.07) is 2.15. The Bertz CT molecular complexity index is 786. The van der Waals surface area contributed by atoms with Crippen molar-refractivity contribution in [1.82, 2.24) is 9.97 Å². The van der Waals surface area contributed by atoms with Gasteiger partial charge in [-0.1, -0.05) is 18.5 Å². The minimum atomic E-state index is -4.62. The van der Waals surface area contributed by atoms with Gasteiger partial charge >= 0.3 is 6.18 Å². The number of anilines is 2. The Morgan fingerprint density at radius 1 is 1.24 bits per heavy atom. The van der Waals surface area contributed by atoms with Gasteiger partial charge in [-0.05, 0) is 17.9 Å². The fraction of sp³-hybridized carbons (Fsp3) is 0.267. The molecule has 0 aromatic carbocycles. The molecular formula is C15H14ClF3N4OS. The molecule has 0 aliphatic heterocycles. The van der Waals surface area contributed by atoms with Crippen LogP contribution in [0.15, 0.2) is 29.4 Å². The molecule has 0 saturated carbocycles. The van der Waals surface area contributed by atoms with Crippen molar-refractivity contribution in [1.29, 1.82) is 0 Å². The van der Waals surface area contributed by atoms with Gasteiger partial charge < -0.3 is 10.6 Å². The largest absolute Gasteiger partial charge is 0.433 e. The third kappa shape index (κ3) is 4.76. The van der Waals surface area contributed by atoms with E-state index in [0.717, 1.165) is 12.3 Å². The Kier molecular flexibility index (Phi) is 6.12. The number of thioether (sulfide) groups is 1. The summed E-state index contributed by atoms with van der Waals surface area (Å²) < 4.78 is 38.6. The van der Waals surface area contributed by atoms with Crippen LogP contribution in [-0.4, -0.2) is 28.7 Å². The third-order valence-corrected chi connectivity index (χ3v) is 4.22. The van der Waals surface area contributed by atoms with Gasteiger partial charge in [0.1, 0.15) is 10.8 Å². The predicted octanol–water partition coefficient (Wildman–Crippen LogP) is 4.55. The number of hydrogen-bond donors (Lipinski definition) is 2. The minimum Gasteiger partial charge on any atom is -0.385 e. The lowest BCUT2D eigenvalue weighted by Gasteiger charge is -2.14. The molecule has 0 aliphatic rings. The molecule has 2 heterocycles. The lowest BCUT2D eigenvalue weighted by molar-refractivity contribution is -0.141. The summed E-state index contributed by atoms with van der Waals surface area (Å²) in [5.41, 5.74) is -0.640. The number of aromatic nitrogens is 2. The van der Waals surface area contributed by atoms with Crippen LogP contribution in [0.4, 0.5) is 24.5 Å². The highest BCUT2D eigenvalue weighted by Gasteiger charge is 2.33. The third-order valence-electron chi connectivity index (χ3n) is 3.09. The predicted molar refractivity (Wildman–Crippen MR) is 92.4 cm³/mol. The Labute approximate surface area is 151 Å². The van der Waals surface area contributed by atoms with Gasteiger partial charge in [0.15, 0.2) is 0 Å². The molecule has 2 aromatic heterocycles. The quantitative estimate of drug-likeness (QED) is 0.579. The van der Waals surface area contributed by atoms with Crippen LogP contribution in [-0.2, 0) is 6.18 Å². The van der Waals surface area contributed by atoms with E-state index < -0.39 is 17.8 Å². The lowest BCUT2D eigenvalue weighted by atomic mass is 10.2. The van der Waals surface area contributed by atoms with Gasteiger partial charge in [0.25, 0.3) is 5.91 Å². The maximum Gasteiger partial charge on any atom is 0.433 e. The Balaban J connectivity index is 2.39. The smallest absolute Gasteiger partial charge is 0.385 e. The number of amides is 1. The topological polar surface area (TPSA) is 66.9 Å². The van der Waals surface area contributed by atoms with E-state index in [1.54, 1.807) is 0 Å². The zero-order valence-corrected chi connectivity index (χ0v) is 14.8. The van der Waals surface area contributed by atoms with E-state index in [0.29, 0.717) is 10.6 Å². The molecule has 0 saturated heterocycles. The lowest BCUT2D eigenvalue weighted by Crippen LogP contribution is -2.16. The summed E-state index contributed by atoms with van der Waals surface area (Å²) in [6.07, 6.45) is -2.15. The monoisotopic (exact) mass is 390 g/mol. The van der Waals surface area contributed by atoms with Crippen LogP contribution in [0.5, 0.6) is 0 Å². The molecule has 10 heteroatoms. The van der Waals surface area contributed by atoms with E-state index in [-0.39, 0.29) is 22.1 Å². The molecule has 2 N–H and O–H groups in total. The van der Waals surface area contributed by atoms with Crippen LogP contribution in [0.2, 0.25) is 5.15 Å². The number of halogens is 4. The standard InChI is InChI=1S/C15H14ClF3N4OS/c1-3-25-11-7-22-13(16)4-8(11)14(24)23-9-5-12(15(17,18)19)21-6-10(9)20-2/h4-7,20H,3H2,1-2H3,(H,21,23,24). The van der Waals surface area contributed by atoms with Gasteiger partial charge in [-0.2, -0.15) is 13.2 Å². The van der Waals surface area contributed by atoms with E-state index in [1.807, 2.05) is 6.92 Å². The van der Waals surface area contributed by atoms with E-state index in [2.05, 4.69) is 20.6 Å². The van der Waals surface area contributed by atoms with Crippen molar-refractivity contribution in [3.8, 4) is 0 Å². The molecule has 134 valence electrons. The van der Waals surface area contributed by atoms with Crippen LogP contribution < -0.4 is 10.6 Å². The molecule has 0 fully saturated rings. The van der Waals surface area contributed by atoms with Crippen molar-refractivity contribution in [3.05, 3.63) is 40.9 Å². The van der Waals surface area contributed by atoms with Crippen molar-refractivity contribution in [2.24, 2.45) is 0 Å². The van der Waals surface area contributed by atoms with E-state index >= 15 is 0 Å². The number of nitrogens with one attached hydrogen (secondary N) is 2. The number of alkyl halides is 3. The minimum absolute atomic E-state index is 0.0322.